The van der Waals surface area contributed by atoms with Crippen LogP contribution in [0.4, 0.5) is 13.6 Å². The Balaban J connectivity index is 4.07. The molecule has 0 heterocycles. The topological polar surface area (TPSA) is 23.6 Å². The largest absolute Gasteiger partial charge is 0.325 e. The molecule has 0 aliphatic carbocycles. The maximum absolute atomic E-state index is 11.9. The van der Waals surface area contributed by atoms with Gasteiger partial charge in [0.2, 0.25) is 0 Å². The Bertz CT molecular complexity index is 160. The quantitative estimate of drug-likeness (QED) is 0.667. The van der Waals surface area contributed by atoms with Crippen LogP contribution in [0.2, 0.25) is 0 Å². The molecule has 0 aromatic carbocycles. The Labute approximate surface area is 77.3 Å². The highest BCUT2D eigenvalue weighted by Gasteiger charge is 2.17. The highest BCUT2D eigenvalue weighted by atomic mass is 19.3. The number of urea groups is 1. The molecule has 0 saturated heterocycles. The van der Waals surface area contributed by atoms with Crippen LogP contribution in [0, 0.1) is 0 Å². The summed E-state index contributed by atoms with van der Waals surface area (Å²) in [6.45, 7) is 4.22. The van der Waals surface area contributed by atoms with E-state index in [1.807, 2.05) is 13.8 Å². The zero-order chi connectivity index (χ0) is 10.4. The van der Waals surface area contributed by atoms with Gasteiger partial charge < -0.3 is 9.80 Å². The first-order valence-electron chi connectivity index (χ1n) is 4.31. The third-order valence-electron chi connectivity index (χ3n) is 1.77. The molecule has 0 aromatic heterocycles. The van der Waals surface area contributed by atoms with Crippen LogP contribution >= 0.6 is 0 Å². The molecular weight excluding hydrogens is 178 g/mol. The van der Waals surface area contributed by atoms with Crippen molar-refractivity contribution < 1.29 is 13.6 Å². The normalized spacial score (nSPS) is 10.3. The number of rotatable bonds is 4. The van der Waals surface area contributed by atoms with E-state index < -0.39 is 13.0 Å². The number of nitrogens with zero attached hydrogens (tertiary/aromatic N) is 2. The van der Waals surface area contributed by atoms with Gasteiger partial charge in [-0.2, -0.15) is 0 Å². The molecule has 0 fully saturated rings. The van der Waals surface area contributed by atoms with E-state index in [1.54, 1.807) is 0 Å². The van der Waals surface area contributed by atoms with Crippen LogP contribution in [-0.2, 0) is 0 Å². The van der Waals surface area contributed by atoms with Crippen molar-refractivity contribution in [1.29, 1.82) is 0 Å². The molecule has 0 bridgehead atoms. The zero-order valence-electron chi connectivity index (χ0n) is 8.26. The lowest BCUT2D eigenvalue weighted by Gasteiger charge is -2.25. The van der Waals surface area contributed by atoms with Crippen molar-refractivity contribution in [3.8, 4) is 0 Å². The van der Waals surface area contributed by atoms with Gasteiger partial charge >= 0.3 is 6.03 Å². The first-order chi connectivity index (χ1) is 6.02. The van der Waals surface area contributed by atoms with Gasteiger partial charge in [0.15, 0.2) is 0 Å². The number of halogens is 2. The van der Waals surface area contributed by atoms with Crippen LogP contribution in [-0.4, -0.2) is 48.9 Å². The predicted molar refractivity (Wildman–Crippen MR) is 47.0 cm³/mol. The first kappa shape index (κ1) is 12.1. The van der Waals surface area contributed by atoms with Crippen LogP contribution in [0.25, 0.3) is 0 Å². The minimum atomic E-state index is -2.47. The summed E-state index contributed by atoms with van der Waals surface area (Å²) in [5.41, 5.74) is 0. The van der Waals surface area contributed by atoms with E-state index in [1.165, 1.54) is 11.9 Å². The number of amides is 2. The molecule has 0 rings (SSSR count). The second-order valence-electron chi connectivity index (χ2n) is 2.73. The molecule has 0 atom stereocenters. The van der Waals surface area contributed by atoms with Crippen LogP contribution in [0.3, 0.4) is 0 Å². The van der Waals surface area contributed by atoms with Gasteiger partial charge in [-0.1, -0.05) is 0 Å². The second-order valence-corrected chi connectivity index (χ2v) is 2.73. The van der Waals surface area contributed by atoms with E-state index in [2.05, 4.69) is 0 Å². The van der Waals surface area contributed by atoms with Gasteiger partial charge in [0.25, 0.3) is 6.43 Å². The molecule has 3 nitrogen and oxygen atoms in total. The Hall–Kier alpha value is -0.870. The fourth-order valence-corrected chi connectivity index (χ4v) is 1.02. The average Bonchev–Trinajstić information content (AvgIpc) is 2.05. The summed E-state index contributed by atoms with van der Waals surface area (Å²) < 4.78 is 23.8. The third-order valence-corrected chi connectivity index (χ3v) is 1.77. The van der Waals surface area contributed by atoms with Gasteiger partial charge in [-0.05, 0) is 13.8 Å². The molecule has 78 valence electrons. The van der Waals surface area contributed by atoms with E-state index in [0.29, 0.717) is 13.1 Å². The molecule has 0 saturated carbocycles. The third kappa shape index (κ3) is 4.05. The van der Waals surface area contributed by atoms with Crippen LogP contribution < -0.4 is 0 Å². The maximum Gasteiger partial charge on any atom is 0.319 e. The highest BCUT2D eigenvalue weighted by Crippen LogP contribution is 2.00. The fourth-order valence-electron chi connectivity index (χ4n) is 1.02. The summed E-state index contributed by atoms with van der Waals surface area (Å²) in [6.07, 6.45) is -2.47. The average molecular weight is 194 g/mol. The molecule has 0 unspecified atom stereocenters. The fraction of sp³-hybridized carbons (Fsp3) is 0.875. The van der Waals surface area contributed by atoms with E-state index in [-0.39, 0.29) is 6.03 Å². The predicted octanol–water partition coefficient (Wildman–Crippen LogP) is 1.65. The Kier molecular flexibility index (Phi) is 5.34. The molecule has 5 heteroatoms. The summed E-state index contributed by atoms with van der Waals surface area (Å²) in [4.78, 5) is 13.9. The van der Waals surface area contributed by atoms with Crippen LogP contribution in [0.1, 0.15) is 13.8 Å². The Morgan fingerprint density at radius 2 is 1.77 bits per heavy atom. The van der Waals surface area contributed by atoms with Gasteiger partial charge in [0, 0.05) is 20.1 Å². The number of carbonyl (C=O) groups excluding carboxylic acids is 1. The van der Waals surface area contributed by atoms with Gasteiger partial charge in [-0.25, -0.2) is 13.6 Å². The SMILES string of the molecule is CCN(CC)C(=O)N(C)CC(F)F. The van der Waals surface area contributed by atoms with Crippen molar-refractivity contribution in [2.24, 2.45) is 0 Å². The van der Waals surface area contributed by atoms with Gasteiger partial charge in [0.1, 0.15) is 0 Å². The minimum absolute atomic E-state index is 0.342. The van der Waals surface area contributed by atoms with Gasteiger partial charge in [-0.3, -0.25) is 0 Å². The smallest absolute Gasteiger partial charge is 0.319 e. The molecule has 2 amide bonds. The highest BCUT2D eigenvalue weighted by molar-refractivity contribution is 5.74. The monoisotopic (exact) mass is 194 g/mol. The molecule has 0 aliphatic rings. The van der Waals surface area contributed by atoms with Crippen LogP contribution in [0.15, 0.2) is 0 Å². The standard InChI is InChI=1S/C8H16F2N2O/c1-4-12(5-2)8(13)11(3)6-7(9)10/h7H,4-6H2,1-3H3. The summed E-state index contributed by atoms with van der Waals surface area (Å²) in [6, 6.07) is -0.342. The summed E-state index contributed by atoms with van der Waals surface area (Å²) in [5.74, 6) is 0. The Morgan fingerprint density at radius 1 is 1.31 bits per heavy atom. The van der Waals surface area contributed by atoms with Crippen molar-refractivity contribution in [1.82, 2.24) is 9.80 Å². The number of hydrogen-bond acceptors (Lipinski definition) is 1. The maximum atomic E-state index is 11.9. The van der Waals surface area contributed by atoms with Crippen molar-refractivity contribution in [2.45, 2.75) is 20.3 Å². The zero-order valence-corrected chi connectivity index (χ0v) is 8.26. The number of hydrogen-bond donors (Lipinski definition) is 0. The lowest BCUT2D eigenvalue weighted by Crippen LogP contribution is -2.42. The molecule has 0 aromatic rings. The molecular formula is C8H16F2N2O. The van der Waals surface area contributed by atoms with E-state index in [9.17, 15) is 13.6 Å². The van der Waals surface area contributed by atoms with Crippen molar-refractivity contribution in [3.63, 3.8) is 0 Å². The van der Waals surface area contributed by atoms with E-state index in [4.69, 9.17) is 0 Å². The number of carbonyl (C=O) groups is 1. The minimum Gasteiger partial charge on any atom is -0.325 e. The van der Waals surface area contributed by atoms with E-state index >= 15 is 0 Å². The van der Waals surface area contributed by atoms with Gasteiger partial charge in [0.05, 0.1) is 6.54 Å². The second kappa shape index (κ2) is 5.72. The van der Waals surface area contributed by atoms with Crippen LogP contribution in [0.5, 0.6) is 0 Å². The Morgan fingerprint density at radius 3 is 2.08 bits per heavy atom. The molecule has 0 radical (unpaired) electrons. The molecule has 0 aliphatic heterocycles. The molecule has 13 heavy (non-hydrogen) atoms. The summed E-state index contributed by atoms with van der Waals surface area (Å²) >= 11 is 0. The summed E-state index contributed by atoms with van der Waals surface area (Å²) in [7, 11) is 1.38. The van der Waals surface area contributed by atoms with Crippen molar-refractivity contribution in [2.75, 3.05) is 26.7 Å². The van der Waals surface area contributed by atoms with Gasteiger partial charge in [-0.15, -0.1) is 0 Å². The summed E-state index contributed by atoms with van der Waals surface area (Å²) in [5, 5.41) is 0. The first-order valence-corrected chi connectivity index (χ1v) is 4.31. The molecule has 0 N–H and O–H groups in total. The number of alkyl halides is 2. The molecule has 0 spiro atoms. The van der Waals surface area contributed by atoms with Crippen molar-refractivity contribution >= 4 is 6.03 Å². The lowest BCUT2D eigenvalue weighted by molar-refractivity contribution is 0.0962. The lowest BCUT2D eigenvalue weighted by atomic mass is 10.5. The van der Waals surface area contributed by atoms with Crippen molar-refractivity contribution in [3.05, 3.63) is 0 Å². The van der Waals surface area contributed by atoms with E-state index in [0.717, 1.165) is 4.90 Å².